The summed E-state index contributed by atoms with van der Waals surface area (Å²) >= 11 is 0. The molecule has 0 saturated heterocycles. The van der Waals surface area contributed by atoms with Crippen LogP contribution in [0.3, 0.4) is 0 Å². The topological polar surface area (TPSA) is 120 Å². The van der Waals surface area contributed by atoms with Crippen molar-refractivity contribution in [3.8, 4) is 11.5 Å². The molecule has 0 aliphatic rings. The summed E-state index contributed by atoms with van der Waals surface area (Å²) < 4.78 is 36.0. The molecule has 0 spiro atoms. The molecule has 0 aliphatic carbocycles. The summed E-state index contributed by atoms with van der Waals surface area (Å²) in [5.74, 6) is 0.399. The van der Waals surface area contributed by atoms with Crippen LogP contribution < -0.4 is 25.2 Å². The van der Waals surface area contributed by atoms with Crippen molar-refractivity contribution in [3.63, 3.8) is 0 Å². The van der Waals surface area contributed by atoms with E-state index in [-0.39, 0.29) is 47.6 Å². The maximum Gasteiger partial charge on any atom is 0.251 e. The number of carbonyl (C=O) groups excluding carboxylic acids is 1. The molecule has 0 aromatic heterocycles. The summed E-state index contributed by atoms with van der Waals surface area (Å²) in [4.78, 5) is 12.7. The van der Waals surface area contributed by atoms with Gasteiger partial charge in [0.05, 0.1) is 26.2 Å². The predicted molar refractivity (Wildman–Crippen MR) is 110 cm³/mol. The maximum atomic E-state index is 12.7. The largest absolute Gasteiger partial charge is 0.493 e. The Bertz CT molecular complexity index is 755. The molecule has 156 valence electrons. The normalized spacial score (nSPS) is 13.3. The third kappa shape index (κ3) is 7.43. The van der Waals surface area contributed by atoms with E-state index in [9.17, 15) is 13.2 Å². The molecule has 1 aromatic carbocycles. The molecule has 0 radical (unpaired) electrons. The Labute approximate surface area is 167 Å². The molecule has 4 N–H and O–H groups in total. The number of nitrogens with one attached hydrogen (secondary N) is 2. The van der Waals surface area contributed by atoms with Crippen molar-refractivity contribution in [2.75, 3.05) is 31.7 Å². The van der Waals surface area contributed by atoms with E-state index in [4.69, 9.17) is 15.2 Å². The number of methoxy groups -OCH3 is 2. The van der Waals surface area contributed by atoms with Crippen molar-refractivity contribution in [2.45, 2.75) is 32.7 Å². The van der Waals surface area contributed by atoms with Gasteiger partial charge in [0, 0.05) is 17.6 Å². The van der Waals surface area contributed by atoms with E-state index in [1.807, 2.05) is 20.8 Å². The molecule has 0 saturated carbocycles. The Morgan fingerprint density at radius 1 is 1.26 bits per heavy atom. The molecule has 8 nitrogen and oxygen atoms in total. The number of benzene rings is 1. The predicted octanol–water partition coefficient (Wildman–Crippen LogP) is 1.99. The highest BCUT2D eigenvalue weighted by atomic mass is 35.5. The Kier molecular flexibility index (Phi) is 9.37. The number of hydrogen-bond donors (Lipinski definition) is 3. The molecular formula is C17H30ClN3O5S. The van der Waals surface area contributed by atoms with Crippen LogP contribution in [0.4, 0.5) is 5.69 Å². The Morgan fingerprint density at radius 2 is 1.85 bits per heavy atom. The molecule has 0 aliphatic heterocycles. The van der Waals surface area contributed by atoms with Gasteiger partial charge in [-0.3, -0.25) is 9.52 Å². The fraction of sp³-hybridized carbons (Fsp3) is 0.588. The summed E-state index contributed by atoms with van der Waals surface area (Å²) in [5.41, 5.74) is 5.62. The number of sulfonamides is 1. The fourth-order valence-electron chi connectivity index (χ4n) is 2.80. The third-order valence-corrected chi connectivity index (χ3v) is 4.35. The van der Waals surface area contributed by atoms with Gasteiger partial charge in [-0.25, -0.2) is 8.42 Å². The van der Waals surface area contributed by atoms with Gasteiger partial charge in [-0.05, 0) is 31.4 Å². The third-order valence-electron chi connectivity index (χ3n) is 3.76. The van der Waals surface area contributed by atoms with E-state index in [0.29, 0.717) is 12.3 Å². The van der Waals surface area contributed by atoms with Crippen molar-refractivity contribution >= 4 is 34.0 Å². The summed E-state index contributed by atoms with van der Waals surface area (Å²) in [6, 6.07) is 2.90. The SMILES string of the molecule is COc1cc(C(=O)NC(C)(CN)CC(C)C)cc(NS(C)(=O)=O)c1OC.Cl. The van der Waals surface area contributed by atoms with Crippen LogP contribution in [0.1, 0.15) is 37.6 Å². The number of ether oxygens (including phenoxy) is 2. The van der Waals surface area contributed by atoms with E-state index < -0.39 is 15.6 Å². The van der Waals surface area contributed by atoms with Crippen molar-refractivity contribution in [2.24, 2.45) is 11.7 Å². The van der Waals surface area contributed by atoms with Crippen LogP contribution in [0, 0.1) is 5.92 Å². The van der Waals surface area contributed by atoms with Gasteiger partial charge >= 0.3 is 0 Å². The van der Waals surface area contributed by atoms with Crippen LogP contribution in [-0.4, -0.2) is 46.9 Å². The second kappa shape index (κ2) is 10.0. The number of anilines is 1. The molecular weight excluding hydrogens is 394 g/mol. The van der Waals surface area contributed by atoms with Gasteiger partial charge in [-0.1, -0.05) is 13.8 Å². The smallest absolute Gasteiger partial charge is 0.251 e. The fourth-order valence-corrected chi connectivity index (χ4v) is 3.35. The molecule has 1 aromatic rings. The number of halogens is 1. The van der Waals surface area contributed by atoms with Crippen LogP contribution in [0.15, 0.2) is 12.1 Å². The van der Waals surface area contributed by atoms with Crippen LogP contribution >= 0.6 is 12.4 Å². The van der Waals surface area contributed by atoms with E-state index >= 15 is 0 Å². The van der Waals surface area contributed by atoms with E-state index in [1.165, 1.54) is 26.4 Å². The molecule has 10 heteroatoms. The van der Waals surface area contributed by atoms with Crippen LogP contribution in [-0.2, 0) is 10.0 Å². The van der Waals surface area contributed by atoms with Gasteiger partial charge in [-0.15, -0.1) is 12.4 Å². The lowest BCUT2D eigenvalue weighted by Gasteiger charge is -2.31. The number of amides is 1. The van der Waals surface area contributed by atoms with Gasteiger partial charge in [0.25, 0.3) is 5.91 Å². The Balaban J connectivity index is 0.00000676. The van der Waals surface area contributed by atoms with E-state index in [0.717, 1.165) is 6.26 Å². The zero-order chi connectivity index (χ0) is 20.1. The Hall–Kier alpha value is -1.71. The molecule has 1 amide bonds. The van der Waals surface area contributed by atoms with Gasteiger partial charge in [0.2, 0.25) is 10.0 Å². The highest BCUT2D eigenvalue weighted by Gasteiger charge is 2.27. The number of hydrogen-bond acceptors (Lipinski definition) is 6. The summed E-state index contributed by atoms with van der Waals surface area (Å²) in [7, 11) is -0.773. The van der Waals surface area contributed by atoms with E-state index in [1.54, 1.807) is 0 Å². The van der Waals surface area contributed by atoms with Gasteiger partial charge in [0.15, 0.2) is 11.5 Å². The highest BCUT2D eigenvalue weighted by Crippen LogP contribution is 2.37. The summed E-state index contributed by atoms with van der Waals surface area (Å²) in [6.07, 6.45) is 1.72. The molecule has 1 rings (SSSR count). The van der Waals surface area contributed by atoms with Crippen LogP contribution in [0.5, 0.6) is 11.5 Å². The first-order valence-electron chi connectivity index (χ1n) is 8.21. The minimum absolute atomic E-state index is 0. The molecule has 27 heavy (non-hydrogen) atoms. The quantitative estimate of drug-likeness (QED) is 0.558. The highest BCUT2D eigenvalue weighted by molar-refractivity contribution is 7.92. The first-order chi connectivity index (χ1) is 11.9. The standard InChI is InChI=1S/C17H29N3O5S.ClH/c1-11(2)9-17(3,10-18)19-16(21)12-7-13(20-26(6,22)23)15(25-5)14(8-12)24-4;/h7-8,11,20H,9-10,18H2,1-6H3,(H,19,21);1H. The Morgan fingerprint density at radius 3 is 2.26 bits per heavy atom. The van der Waals surface area contributed by atoms with Gasteiger partial charge < -0.3 is 20.5 Å². The molecule has 1 unspecified atom stereocenters. The molecule has 0 fully saturated rings. The van der Waals surface area contributed by atoms with Crippen LogP contribution in [0.25, 0.3) is 0 Å². The maximum absolute atomic E-state index is 12.7. The van der Waals surface area contributed by atoms with E-state index in [2.05, 4.69) is 10.0 Å². The first kappa shape index (κ1) is 25.3. The second-order valence-corrected chi connectivity index (χ2v) is 8.70. The lowest BCUT2D eigenvalue weighted by Crippen LogP contribution is -2.52. The number of carbonyl (C=O) groups is 1. The second-order valence-electron chi connectivity index (χ2n) is 6.95. The van der Waals surface area contributed by atoms with Crippen molar-refractivity contribution < 1.29 is 22.7 Å². The first-order valence-corrected chi connectivity index (χ1v) is 10.1. The lowest BCUT2D eigenvalue weighted by atomic mass is 9.90. The van der Waals surface area contributed by atoms with Crippen molar-refractivity contribution in [3.05, 3.63) is 17.7 Å². The molecule has 0 heterocycles. The van der Waals surface area contributed by atoms with Crippen molar-refractivity contribution in [1.82, 2.24) is 5.32 Å². The number of nitrogens with two attached hydrogens (primary N) is 1. The van der Waals surface area contributed by atoms with Crippen LogP contribution in [0.2, 0.25) is 0 Å². The lowest BCUT2D eigenvalue weighted by molar-refractivity contribution is 0.0898. The molecule has 0 bridgehead atoms. The molecule has 1 atom stereocenters. The van der Waals surface area contributed by atoms with Gasteiger partial charge in [-0.2, -0.15) is 0 Å². The summed E-state index contributed by atoms with van der Waals surface area (Å²) in [5, 5.41) is 2.93. The minimum atomic E-state index is -3.57. The summed E-state index contributed by atoms with van der Waals surface area (Å²) in [6.45, 7) is 6.25. The average Bonchev–Trinajstić information content (AvgIpc) is 2.51. The van der Waals surface area contributed by atoms with Crippen molar-refractivity contribution in [1.29, 1.82) is 0 Å². The van der Waals surface area contributed by atoms with Gasteiger partial charge in [0.1, 0.15) is 0 Å². The number of rotatable bonds is 9. The monoisotopic (exact) mass is 423 g/mol. The average molecular weight is 424 g/mol. The zero-order valence-corrected chi connectivity index (χ0v) is 18.2. The minimum Gasteiger partial charge on any atom is -0.493 e. The zero-order valence-electron chi connectivity index (χ0n) is 16.6.